The molecule has 2 bridgehead atoms. The molecule has 2 aliphatic carbocycles. The van der Waals surface area contributed by atoms with Gasteiger partial charge in [-0.1, -0.05) is 29.8 Å². The summed E-state index contributed by atoms with van der Waals surface area (Å²) in [6, 6.07) is 7.88. The first-order valence-electron chi connectivity index (χ1n) is 8.45. The largest absolute Gasteiger partial charge is 0.383 e. The number of hydrogen-bond acceptors (Lipinski definition) is 2. The van der Waals surface area contributed by atoms with E-state index in [1.165, 1.54) is 18.4 Å². The Kier molecular flexibility index (Phi) is 5.01. The molecule has 3 atom stereocenters. The SMILES string of the molecule is COCCN(CC1CC2C=CC1C2)C(=O)Nc1ccc(C)cc1. The van der Waals surface area contributed by atoms with Gasteiger partial charge in [0.25, 0.3) is 0 Å². The molecule has 1 saturated carbocycles. The van der Waals surface area contributed by atoms with Crippen molar-refractivity contribution in [3.63, 3.8) is 0 Å². The number of carbonyl (C=O) groups excluding carboxylic acids is 1. The van der Waals surface area contributed by atoms with Crippen LogP contribution in [-0.2, 0) is 4.74 Å². The number of nitrogens with zero attached hydrogens (tertiary/aromatic N) is 1. The third kappa shape index (κ3) is 3.94. The zero-order chi connectivity index (χ0) is 16.2. The Hall–Kier alpha value is -1.81. The summed E-state index contributed by atoms with van der Waals surface area (Å²) >= 11 is 0. The molecule has 2 amide bonds. The minimum absolute atomic E-state index is 0.0299. The average Bonchev–Trinajstić information content (AvgIpc) is 3.16. The van der Waals surface area contributed by atoms with Gasteiger partial charge in [-0.25, -0.2) is 4.79 Å². The van der Waals surface area contributed by atoms with Crippen LogP contribution in [0.3, 0.4) is 0 Å². The van der Waals surface area contributed by atoms with Gasteiger partial charge in [0.05, 0.1) is 6.61 Å². The number of carbonyl (C=O) groups is 1. The lowest BCUT2D eigenvalue weighted by Crippen LogP contribution is -2.41. The topological polar surface area (TPSA) is 41.6 Å². The summed E-state index contributed by atoms with van der Waals surface area (Å²) in [5.41, 5.74) is 2.03. The number of urea groups is 1. The molecular formula is C19H26N2O2. The van der Waals surface area contributed by atoms with Gasteiger partial charge in [0, 0.05) is 25.9 Å². The number of hydrogen-bond donors (Lipinski definition) is 1. The number of amides is 2. The fraction of sp³-hybridized carbons (Fsp3) is 0.526. The van der Waals surface area contributed by atoms with Crippen LogP contribution in [-0.4, -0.2) is 37.7 Å². The van der Waals surface area contributed by atoms with E-state index < -0.39 is 0 Å². The average molecular weight is 314 g/mol. The Morgan fingerprint density at radius 1 is 1.26 bits per heavy atom. The van der Waals surface area contributed by atoms with Crippen molar-refractivity contribution in [2.75, 3.05) is 32.1 Å². The molecule has 1 aromatic carbocycles. The van der Waals surface area contributed by atoms with Crippen LogP contribution in [0.4, 0.5) is 10.5 Å². The molecule has 0 aliphatic heterocycles. The van der Waals surface area contributed by atoms with Crippen molar-refractivity contribution < 1.29 is 9.53 Å². The summed E-state index contributed by atoms with van der Waals surface area (Å²) < 4.78 is 5.18. The predicted octanol–water partition coefficient (Wildman–Crippen LogP) is 3.69. The van der Waals surface area contributed by atoms with Gasteiger partial charge in [0.2, 0.25) is 0 Å². The number of anilines is 1. The van der Waals surface area contributed by atoms with Crippen molar-refractivity contribution >= 4 is 11.7 Å². The minimum atomic E-state index is -0.0299. The van der Waals surface area contributed by atoms with Gasteiger partial charge in [-0.05, 0) is 49.7 Å². The molecule has 3 unspecified atom stereocenters. The maximum absolute atomic E-state index is 12.6. The highest BCUT2D eigenvalue weighted by atomic mass is 16.5. The molecule has 0 saturated heterocycles. The smallest absolute Gasteiger partial charge is 0.321 e. The quantitative estimate of drug-likeness (QED) is 0.814. The lowest BCUT2D eigenvalue weighted by Gasteiger charge is -2.28. The van der Waals surface area contributed by atoms with Crippen LogP contribution in [0.1, 0.15) is 18.4 Å². The van der Waals surface area contributed by atoms with Crippen LogP contribution in [0, 0.1) is 24.7 Å². The Bertz CT molecular complexity index is 567. The van der Waals surface area contributed by atoms with Gasteiger partial charge in [-0.3, -0.25) is 0 Å². The van der Waals surface area contributed by atoms with E-state index in [0.717, 1.165) is 18.2 Å². The summed E-state index contributed by atoms with van der Waals surface area (Å²) in [5, 5.41) is 3.01. The maximum Gasteiger partial charge on any atom is 0.321 e. The molecule has 124 valence electrons. The Morgan fingerprint density at radius 3 is 2.65 bits per heavy atom. The summed E-state index contributed by atoms with van der Waals surface area (Å²) in [4.78, 5) is 14.5. The standard InChI is InChI=1S/C19H26N2O2/c1-14-3-7-18(8-4-14)20-19(22)21(9-10-23-2)13-17-12-15-5-6-16(17)11-15/h3-8,15-17H,9-13H2,1-2H3,(H,20,22). The second kappa shape index (κ2) is 7.18. The number of fused-ring (bicyclic) bond motifs is 2. The lowest BCUT2D eigenvalue weighted by molar-refractivity contribution is 0.144. The van der Waals surface area contributed by atoms with Gasteiger partial charge in [0.1, 0.15) is 0 Å². The normalized spacial score (nSPS) is 24.9. The van der Waals surface area contributed by atoms with Crippen LogP contribution in [0.25, 0.3) is 0 Å². The highest BCUT2D eigenvalue weighted by Gasteiger charge is 2.37. The van der Waals surface area contributed by atoms with Crippen LogP contribution in [0.2, 0.25) is 0 Å². The number of ether oxygens (including phenoxy) is 1. The highest BCUT2D eigenvalue weighted by molar-refractivity contribution is 5.89. The highest BCUT2D eigenvalue weighted by Crippen LogP contribution is 2.43. The monoisotopic (exact) mass is 314 g/mol. The minimum Gasteiger partial charge on any atom is -0.383 e. The molecule has 3 rings (SSSR count). The predicted molar refractivity (Wildman–Crippen MR) is 92.5 cm³/mol. The molecule has 4 heteroatoms. The van der Waals surface area contributed by atoms with Crippen molar-refractivity contribution in [2.45, 2.75) is 19.8 Å². The molecule has 2 aliphatic rings. The molecule has 0 aromatic heterocycles. The van der Waals surface area contributed by atoms with Crippen molar-refractivity contribution in [3.05, 3.63) is 42.0 Å². The number of benzene rings is 1. The van der Waals surface area contributed by atoms with E-state index in [0.29, 0.717) is 25.0 Å². The number of aryl methyl sites for hydroxylation is 1. The fourth-order valence-corrected chi connectivity index (χ4v) is 3.70. The van der Waals surface area contributed by atoms with Gasteiger partial charge in [-0.15, -0.1) is 0 Å². The van der Waals surface area contributed by atoms with Gasteiger partial charge < -0.3 is 15.0 Å². The van der Waals surface area contributed by atoms with E-state index in [1.54, 1.807) is 7.11 Å². The first-order chi connectivity index (χ1) is 11.2. The molecule has 0 heterocycles. The Labute approximate surface area is 138 Å². The first kappa shape index (κ1) is 16.1. The summed E-state index contributed by atoms with van der Waals surface area (Å²) in [6.07, 6.45) is 7.16. The molecule has 1 N–H and O–H groups in total. The van der Waals surface area contributed by atoms with E-state index in [1.807, 2.05) is 36.1 Å². The maximum atomic E-state index is 12.6. The Morgan fingerprint density at radius 2 is 2.04 bits per heavy atom. The Balaban J connectivity index is 1.61. The molecule has 1 aromatic rings. The van der Waals surface area contributed by atoms with Crippen molar-refractivity contribution in [1.82, 2.24) is 4.90 Å². The molecule has 23 heavy (non-hydrogen) atoms. The first-order valence-corrected chi connectivity index (χ1v) is 8.45. The van der Waals surface area contributed by atoms with E-state index >= 15 is 0 Å². The number of rotatable bonds is 6. The zero-order valence-electron chi connectivity index (χ0n) is 14.0. The second-order valence-electron chi connectivity index (χ2n) is 6.78. The van der Waals surface area contributed by atoms with E-state index in [-0.39, 0.29) is 6.03 Å². The number of nitrogens with one attached hydrogen (secondary N) is 1. The van der Waals surface area contributed by atoms with Crippen molar-refractivity contribution in [1.29, 1.82) is 0 Å². The molecule has 4 nitrogen and oxygen atoms in total. The van der Waals surface area contributed by atoms with Crippen molar-refractivity contribution in [2.24, 2.45) is 17.8 Å². The molecule has 0 spiro atoms. The van der Waals surface area contributed by atoms with Crippen molar-refractivity contribution in [3.8, 4) is 0 Å². The molecular weight excluding hydrogens is 288 g/mol. The summed E-state index contributed by atoms with van der Waals surface area (Å²) in [7, 11) is 1.68. The molecule has 0 radical (unpaired) electrons. The van der Waals surface area contributed by atoms with Gasteiger partial charge >= 0.3 is 6.03 Å². The third-order valence-electron chi connectivity index (χ3n) is 5.03. The summed E-state index contributed by atoms with van der Waals surface area (Å²) in [5.74, 6) is 1.97. The van der Waals surface area contributed by atoms with Gasteiger partial charge in [-0.2, -0.15) is 0 Å². The van der Waals surface area contributed by atoms with Crippen LogP contribution in [0.15, 0.2) is 36.4 Å². The fourth-order valence-electron chi connectivity index (χ4n) is 3.70. The molecule has 1 fully saturated rings. The van der Waals surface area contributed by atoms with Crippen LogP contribution >= 0.6 is 0 Å². The van der Waals surface area contributed by atoms with Crippen LogP contribution < -0.4 is 5.32 Å². The second-order valence-corrected chi connectivity index (χ2v) is 6.78. The number of allylic oxidation sites excluding steroid dienone is 2. The number of methoxy groups -OCH3 is 1. The zero-order valence-corrected chi connectivity index (χ0v) is 14.0. The van der Waals surface area contributed by atoms with Crippen LogP contribution in [0.5, 0.6) is 0 Å². The van der Waals surface area contributed by atoms with E-state index in [9.17, 15) is 4.79 Å². The summed E-state index contributed by atoms with van der Waals surface area (Å²) in [6.45, 7) is 4.05. The third-order valence-corrected chi connectivity index (χ3v) is 5.03. The lowest BCUT2D eigenvalue weighted by atomic mass is 9.93. The van der Waals surface area contributed by atoms with E-state index in [4.69, 9.17) is 4.74 Å². The van der Waals surface area contributed by atoms with Gasteiger partial charge in [0.15, 0.2) is 0 Å². The van der Waals surface area contributed by atoms with E-state index in [2.05, 4.69) is 17.5 Å².